The molecule has 0 amide bonds. The number of para-hydroxylation sites is 4. The number of aromatic nitrogens is 1. The van der Waals surface area contributed by atoms with Crippen molar-refractivity contribution in [1.29, 1.82) is 0 Å². The van der Waals surface area contributed by atoms with E-state index in [0.717, 1.165) is 0 Å². The summed E-state index contributed by atoms with van der Waals surface area (Å²) in [5, 5.41) is 5.24. The van der Waals surface area contributed by atoms with Gasteiger partial charge in [-0.2, -0.15) is 0 Å². The van der Waals surface area contributed by atoms with Gasteiger partial charge in [-0.1, -0.05) is 116 Å². The van der Waals surface area contributed by atoms with E-state index in [1.165, 1.54) is 85.6 Å². The SMILES string of the molecule is C1=CC2CCCC3C(c4ccccc4N3c3ccccc3)C2C=C1c1ccc2c(ccc3c2c2ccccc2n3-c2ccccc2)c1. The van der Waals surface area contributed by atoms with E-state index in [1.54, 1.807) is 0 Å². The normalized spacial score (nSPS) is 21.8. The van der Waals surface area contributed by atoms with Crippen LogP contribution in [0.25, 0.3) is 43.8 Å². The third-order valence-electron chi connectivity index (χ3n) is 11.2. The molecule has 2 heteroatoms. The lowest BCUT2D eigenvalue weighted by atomic mass is 9.72. The average Bonchev–Trinajstić information content (AvgIpc) is 3.58. The summed E-state index contributed by atoms with van der Waals surface area (Å²) in [6.45, 7) is 0. The Hall–Kier alpha value is -5.34. The molecule has 2 nitrogen and oxygen atoms in total. The summed E-state index contributed by atoms with van der Waals surface area (Å²) in [5.74, 6) is 1.52. The largest absolute Gasteiger partial charge is 0.337 e. The maximum absolute atomic E-state index is 2.65. The summed E-state index contributed by atoms with van der Waals surface area (Å²) in [4.78, 5) is 2.65. The standard InChI is InChI=1S/C45H36N2/c1-3-13-34(14-4-1)46-41-20-10-8-18-38(41)45-39-29-32(23-22-30(39)12-11-21-42(45)46)31-24-26-36-33(28-31)25-27-43-44(36)37-17-7-9-19-40(37)47(43)35-15-5-2-6-16-35/h1-10,13-20,22-30,39,42,45H,11-12,21H2. The quantitative estimate of drug-likeness (QED) is 0.195. The highest BCUT2D eigenvalue weighted by Gasteiger charge is 2.46. The smallest absolute Gasteiger partial charge is 0.0547 e. The van der Waals surface area contributed by atoms with Crippen molar-refractivity contribution in [3.05, 3.63) is 169 Å². The second kappa shape index (κ2) is 10.6. The van der Waals surface area contributed by atoms with Gasteiger partial charge in [0.15, 0.2) is 0 Å². The van der Waals surface area contributed by atoms with Gasteiger partial charge in [0.05, 0.1) is 11.0 Å². The van der Waals surface area contributed by atoms with Crippen LogP contribution in [0, 0.1) is 11.8 Å². The molecule has 0 radical (unpaired) electrons. The van der Waals surface area contributed by atoms with Crippen molar-refractivity contribution >= 4 is 49.5 Å². The fourth-order valence-corrected chi connectivity index (χ4v) is 9.22. The van der Waals surface area contributed by atoms with Gasteiger partial charge >= 0.3 is 0 Å². The van der Waals surface area contributed by atoms with E-state index >= 15 is 0 Å². The molecule has 3 aliphatic rings. The van der Waals surface area contributed by atoms with Crippen LogP contribution in [0.5, 0.6) is 0 Å². The molecule has 1 fully saturated rings. The van der Waals surface area contributed by atoms with Gasteiger partial charge in [-0.15, -0.1) is 0 Å². The number of anilines is 2. The van der Waals surface area contributed by atoms with Crippen LogP contribution in [0.2, 0.25) is 0 Å². The van der Waals surface area contributed by atoms with Crippen LogP contribution in [0.1, 0.15) is 36.3 Å². The Morgan fingerprint density at radius 1 is 0.596 bits per heavy atom. The fraction of sp³-hybridized carbons (Fsp3) is 0.156. The van der Waals surface area contributed by atoms with Gasteiger partial charge in [0.1, 0.15) is 0 Å². The lowest BCUT2D eigenvalue weighted by Gasteiger charge is -2.34. The van der Waals surface area contributed by atoms with Gasteiger partial charge in [-0.3, -0.25) is 0 Å². The van der Waals surface area contributed by atoms with E-state index in [-0.39, 0.29) is 0 Å². The van der Waals surface area contributed by atoms with E-state index in [0.29, 0.717) is 23.8 Å². The average molecular weight is 605 g/mol. The number of hydrogen-bond acceptors (Lipinski definition) is 1. The lowest BCUT2D eigenvalue weighted by molar-refractivity contribution is 0.387. The zero-order valence-corrected chi connectivity index (χ0v) is 26.3. The van der Waals surface area contributed by atoms with Crippen molar-refractivity contribution in [2.75, 3.05) is 4.90 Å². The van der Waals surface area contributed by atoms with Crippen LogP contribution in [0.15, 0.2) is 158 Å². The number of benzene rings is 6. The minimum atomic E-state index is 0.472. The van der Waals surface area contributed by atoms with Crippen molar-refractivity contribution in [3.8, 4) is 5.69 Å². The molecule has 1 aliphatic heterocycles. The van der Waals surface area contributed by atoms with Gasteiger partial charge in [-0.05, 0) is 101 Å². The molecular formula is C45H36N2. The van der Waals surface area contributed by atoms with E-state index in [2.05, 4.69) is 167 Å². The number of rotatable bonds is 3. The first-order valence-electron chi connectivity index (χ1n) is 17.2. The molecule has 4 unspecified atom stereocenters. The fourth-order valence-electron chi connectivity index (χ4n) is 9.22. The summed E-state index contributed by atoms with van der Waals surface area (Å²) in [5.41, 5.74) is 10.6. The summed E-state index contributed by atoms with van der Waals surface area (Å²) in [6.07, 6.45) is 11.3. The predicted octanol–water partition coefficient (Wildman–Crippen LogP) is 11.6. The van der Waals surface area contributed by atoms with E-state index in [4.69, 9.17) is 0 Å². The van der Waals surface area contributed by atoms with Crippen molar-refractivity contribution in [2.45, 2.75) is 31.2 Å². The number of allylic oxidation sites excluding steroid dienone is 4. The first-order chi connectivity index (χ1) is 23.3. The number of nitrogens with zero attached hydrogens (tertiary/aromatic N) is 2. The monoisotopic (exact) mass is 604 g/mol. The van der Waals surface area contributed by atoms with Crippen molar-refractivity contribution in [1.82, 2.24) is 4.57 Å². The van der Waals surface area contributed by atoms with Crippen LogP contribution in [0.3, 0.4) is 0 Å². The molecule has 7 aromatic rings. The van der Waals surface area contributed by atoms with Crippen LogP contribution >= 0.6 is 0 Å². The van der Waals surface area contributed by atoms with E-state index in [1.807, 2.05) is 0 Å². The van der Waals surface area contributed by atoms with Crippen molar-refractivity contribution < 1.29 is 0 Å². The van der Waals surface area contributed by atoms with Crippen LogP contribution in [0.4, 0.5) is 11.4 Å². The third kappa shape index (κ3) is 4.11. The molecule has 10 rings (SSSR count). The molecule has 1 aromatic heterocycles. The zero-order chi connectivity index (χ0) is 30.9. The number of hydrogen-bond donors (Lipinski definition) is 0. The van der Waals surface area contributed by atoms with Crippen molar-refractivity contribution in [2.24, 2.45) is 11.8 Å². The molecule has 2 heterocycles. The zero-order valence-electron chi connectivity index (χ0n) is 26.3. The molecule has 0 N–H and O–H groups in total. The maximum Gasteiger partial charge on any atom is 0.0547 e. The first kappa shape index (κ1) is 26.8. The highest BCUT2D eigenvalue weighted by molar-refractivity contribution is 6.21. The Kier molecular flexibility index (Phi) is 6.05. The Bertz CT molecular complexity index is 2360. The molecule has 1 saturated carbocycles. The van der Waals surface area contributed by atoms with Gasteiger partial charge in [0, 0.05) is 39.8 Å². The molecule has 6 aromatic carbocycles. The summed E-state index contributed by atoms with van der Waals surface area (Å²) >= 11 is 0. The van der Waals surface area contributed by atoms with Gasteiger partial charge in [-0.25, -0.2) is 0 Å². The highest BCUT2D eigenvalue weighted by atomic mass is 15.2. The Labute approximate surface area is 275 Å². The van der Waals surface area contributed by atoms with Gasteiger partial charge < -0.3 is 9.47 Å². The van der Waals surface area contributed by atoms with Crippen LogP contribution < -0.4 is 4.90 Å². The lowest BCUT2D eigenvalue weighted by Crippen LogP contribution is -2.33. The molecule has 226 valence electrons. The van der Waals surface area contributed by atoms with Crippen LogP contribution in [-0.2, 0) is 0 Å². The molecule has 0 spiro atoms. The summed E-state index contributed by atoms with van der Waals surface area (Å²) in [7, 11) is 0. The second-order valence-electron chi connectivity index (χ2n) is 13.6. The summed E-state index contributed by atoms with van der Waals surface area (Å²) in [6, 6.07) is 52.1. The topological polar surface area (TPSA) is 8.17 Å². The maximum atomic E-state index is 2.65. The molecule has 2 aliphatic carbocycles. The molecule has 4 atom stereocenters. The Morgan fingerprint density at radius 3 is 2.23 bits per heavy atom. The van der Waals surface area contributed by atoms with Gasteiger partial charge in [0.2, 0.25) is 0 Å². The third-order valence-corrected chi connectivity index (χ3v) is 11.2. The molecular weight excluding hydrogens is 569 g/mol. The minimum absolute atomic E-state index is 0.472. The minimum Gasteiger partial charge on any atom is -0.337 e. The predicted molar refractivity (Wildman–Crippen MR) is 198 cm³/mol. The van der Waals surface area contributed by atoms with Crippen LogP contribution in [-0.4, -0.2) is 10.6 Å². The van der Waals surface area contributed by atoms with E-state index in [9.17, 15) is 0 Å². The molecule has 0 bridgehead atoms. The molecule has 0 saturated heterocycles. The Morgan fingerprint density at radius 2 is 1.36 bits per heavy atom. The first-order valence-corrected chi connectivity index (χ1v) is 17.2. The number of fused-ring (bicyclic) bond motifs is 10. The summed E-state index contributed by atoms with van der Waals surface area (Å²) < 4.78 is 2.41. The van der Waals surface area contributed by atoms with E-state index < -0.39 is 0 Å². The Balaban J connectivity index is 1.09. The second-order valence-corrected chi connectivity index (χ2v) is 13.6. The van der Waals surface area contributed by atoms with Gasteiger partial charge in [0.25, 0.3) is 0 Å². The molecule has 47 heavy (non-hydrogen) atoms. The van der Waals surface area contributed by atoms with Crippen molar-refractivity contribution in [3.63, 3.8) is 0 Å². The highest BCUT2D eigenvalue weighted by Crippen LogP contribution is 2.55.